The van der Waals surface area contributed by atoms with Crippen LogP contribution in [0, 0.1) is 0 Å². The van der Waals surface area contributed by atoms with Gasteiger partial charge in [0.1, 0.15) is 5.82 Å². The van der Waals surface area contributed by atoms with Crippen molar-refractivity contribution in [3.8, 4) is 11.3 Å². The van der Waals surface area contributed by atoms with Gasteiger partial charge in [-0.1, -0.05) is 44.5 Å². The van der Waals surface area contributed by atoms with Crippen LogP contribution in [0.25, 0.3) is 11.3 Å². The number of pyridine rings is 1. The number of hydrogen-bond donors (Lipinski definition) is 1. The highest BCUT2D eigenvalue weighted by molar-refractivity contribution is 5.94. The van der Waals surface area contributed by atoms with E-state index in [0.717, 1.165) is 54.9 Å². The molecule has 6 nitrogen and oxygen atoms in total. The van der Waals surface area contributed by atoms with E-state index in [0.29, 0.717) is 12.2 Å². The van der Waals surface area contributed by atoms with E-state index in [1.54, 1.807) is 18.3 Å². The van der Waals surface area contributed by atoms with E-state index in [4.69, 9.17) is 4.98 Å². The summed E-state index contributed by atoms with van der Waals surface area (Å²) in [6.07, 6.45) is 6.69. The van der Waals surface area contributed by atoms with Crippen LogP contribution >= 0.6 is 0 Å². The van der Waals surface area contributed by atoms with Crippen molar-refractivity contribution in [2.45, 2.75) is 52.5 Å². The summed E-state index contributed by atoms with van der Waals surface area (Å²) in [7, 11) is 0. The maximum atomic E-state index is 11.4. The standard InChI is InChI=1S/C22H26N4O2/c1-3-5-9-20-24-19(7-4-2)25-26(20)15-16-10-12-17(13-11-16)21-18(22(27)28)8-6-14-23-21/h6,8,10-14H,3-5,7,9,15H2,1-2H3,(H,27,28). The molecule has 0 aliphatic rings. The monoisotopic (exact) mass is 378 g/mol. The molecule has 28 heavy (non-hydrogen) atoms. The molecule has 0 fully saturated rings. The lowest BCUT2D eigenvalue weighted by atomic mass is 10.0. The predicted molar refractivity (Wildman–Crippen MR) is 108 cm³/mol. The van der Waals surface area contributed by atoms with Gasteiger partial charge in [-0.3, -0.25) is 4.98 Å². The summed E-state index contributed by atoms with van der Waals surface area (Å²) in [6.45, 7) is 4.97. The fourth-order valence-electron chi connectivity index (χ4n) is 3.15. The number of carbonyl (C=O) groups is 1. The molecule has 3 rings (SSSR count). The van der Waals surface area contributed by atoms with E-state index in [-0.39, 0.29) is 5.56 Å². The Bertz CT molecular complexity index is 932. The zero-order valence-corrected chi connectivity index (χ0v) is 16.4. The molecule has 0 radical (unpaired) electrons. The van der Waals surface area contributed by atoms with Crippen molar-refractivity contribution in [1.82, 2.24) is 19.7 Å². The van der Waals surface area contributed by atoms with Crippen LogP contribution in [0.15, 0.2) is 42.6 Å². The summed E-state index contributed by atoms with van der Waals surface area (Å²) >= 11 is 0. The second kappa shape index (κ2) is 9.26. The van der Waals surface area contributed by atoms with Gasteiger partial charge >= 0.3 is 5.97 Å². The van der Waals surface area contributed by atoms with E-state index in [2.05, 4.69) is 23.9 Å². The molecule has 0 atom stereocenters. The highest BCUT2D eigenvalue weighted by atomic mass is 16.4. The fraction of sp³-hybridized carbons (Fsp3) is 0.364. The lowest BCUT2D eigenvalue weighted by Crippen LogP contribution is -2.07. The van der Waals surface area contributed by atoms with Crippen LogP contribution in [0.4, 0.5) is 0 Å². The van der Waals surface area contributed by atoms with Crippen LogP contribution < -0.4 is 0 Å². The molecule has 0 aliphatic carbocycles. The molecule has 2 aromatic heterocycles. The zero-order chi connectivity index (χ0) is 19.9. The van der Waals surface area contributed by atoms with Crippen molar-refractivity contribution in [3.05, 3.63) is 65.4 Å². The van der Waals surface area contributed by atoms with Gasteiger partial charge in [-0.25, -0.2) is 14.5 Å². The third-order valence-corrected chi connectivity index (χ3v) is 4.62. The summed E-state index contributed by atoms with van der Waals surface area (Å²) in [5.41, 5.74) is 2.58. The third-order valence-electron chi connectivity index (χ3n) is 4.62. The van der Waals surface area contributed by atoms with E-state index in [1.165, 1.54) is 0 Å². The molecular formula is C22H26N4O2. The highest BCUT2D eigenvalue weighted by Gasteiger charge is 2.13. The van der Waals surface area contributed by atoms with E-state index in [1.807, 2.05) is 28.9 Å². The quantitative estimate of drug-likeness (QED) is 0.597. The van der Waals surface area contributed by atoms with Gasteiger partial charge in [0.05, 0.1) is 17.8 Å². The Kier molecular flexibility index (Phi) is 6.53. The van der Waals surface area contributed by atoms with Crippen LogP contribution in [0.3, 0.4) is 0 Å². The van der Waals surface area contributed by atoms with E-state index < -0.39 is 5.97 Å². The first-order chi connectivity index (χ1) is 13.6. The molecule has 0 saturated heterocycles. The Balaban J connectivity index is 1.82. The van der Waals surface area contributed by atoms with Crippen LogP contribution in [0.2, 0.25) is 0 Å². The Morgan fingerprint density at radius 2 is 1.86 bits per heavy atom. The average Bonchev–Trinajstić information content (AvgIpc) is 3.08. The molecule has 6 heteroatoms. The fourth-order valence-corrected chi connectivity index (χ4v) is 3.15. The van der Waals surface area contributed by atoms with Gasteiger partial charge in [0.25, 0.3) is 0 Å². The summed E-state index contributed by atoms with van der Waals surface area (Å²) in [5.74, 6) is 0.968. The molecule has 146 valence electrons. The first kappa shape index (κ1) is 19.7. The second-order valence-electron chi connectivity index (χ2n) is 6.86. The van der Waals surface area contributed by atoms with Crippen LogP contribution in [0.5, 0.6) is 0 Å². The largest absolute Gasteiger partial charge is 0.478 e. The van der Waals surface area contributed by atoms with Crippen molar-refractivity contribution in [3.63, 3.8) is 0 Å². The van der Waals surface area contributed by atoms with Gasteiger partial charge in [-0.2, -0.15) is 5.10 Å². The topological polar surface area (TPSA) is 80.9 Å². The van der Waals surface area contributed by atoms with Crippen LogP contribution in [-0.2, 0) is 19.4 Å². The van der Waals surface area contributed by atoms with Crippen LogP contribution in [0.1, 0.15) is 60.7 Å². The summed E-state index contributed by atoms with van der Waals surface area (Å²) in [4.78, 5) is 20.4. The lowest BCUT2D eigenvalue weighted by molar-refractivity contribution is 0.0697. The molecule has 0 aliphatic heterocycles. The highest BCUT2D eigenvalue weighted by Crippen LogP contribution is 2.22. The average molecular weight is 378 g/mol. The van der Waals surface area contributed by atoms with Gasteiger partial charge < -0.3 is 5.11 Å². The smallest absolute Gasteiger partial charge is 0.337 e. The number of carboxylic acid groups (broad SMARTS) is 1. The zero-order valence-electron chi connectivity index (χ0n) is 16.4. The molecule has 0 unspecified atom stereocenters. The number of nitrogens with zero attached hydrogens (tertiary/aromatic N) is 4. The molecule has 0 spiro atoms. The first-order valence-electron chi connectivity index (χ1n) is 9.82. The molecule has 0 bridgehead atoms. The maximum absolute atomic E-state index is 11.4. The number of benzene rings is 1. The summed E-state index contributed by atoms with van der Waals surface area (Å²) < 4.78 is 2.00. The number of hydrogen-bond acceptors (Lipinski definition) is 4. The Hall–Kier alpha value is -3.02. The van der Waals surface area contributed by atoms with Gasteiger partial charge in [-0.15, -0.1) is 0 Å². The lowest BCUT2D eigenvalue weighted by Gasteiger charge is -2.08. The van der Waals surface area contributed by atoms with Gasteiger partial charge in [0.2, 0.25) is 0 Å². The number of carboxylic acids is 1. The van der Waals surface area contributed by atoms with Crippen molar-refractivity contribution in [2.75, 3.05) is 0 Å². The van der Waals surface area contributed by atoms with Crippen molar-refractivity contribution in [1.29, 1.82) is 0 Å². The normalized spacial score (nSPS) is 10.9. The SMILES string of the molecule is CCCCc1nc(CCC)nn1Cc1ccc(-c2ncccc2C(=O)O)cc1. The molecule has 1 aromatic carbocycles. The second-order valence-corrected chi connectivity index (χ2v) is 6.86. The number of unbranched alkanes of at least 4 members (excludes halogenated alkanes) is 1. The summed E-state index contributed by atoms with van der Waals surface area (Å²) in [5, 5.41) is 14.0. The van der Waals surface area contributed by atoms with Crippen molar-refractivity contribution < 1.29 is 9.90 Å². The number of aromatic nitrogens is 4. The number of aryl methyl sites for hydroxylation is 2. The molecule has 0 amide bonds. The Morgan fingerprint density at radius 1 is 1.07 bits per heavy atom. The Labute approximate surface area is 165 Å². The number of rotatable bonds is 9. The van der Waals surface area contributed by atoms with Gasteiger partial charge in [0, 0.05) is 24.6 Å². The minimum Gasteiger partial charge on any atom is -0.478 e. The summed E-state index contributed by atoms with van der Waals surface area (Å²) in [6, 6.07) is 11.0. The van der Waals surface area contributed by atoms with Crippen molar-refractivity contribution >= 4 is 5.97 Å². The predicted octanol–water partition coefficient (Wildman–Crippen LogP) is 4.38. The van der Waals surface area contributed by atoms with Crippen molar-refractivity contribution in [2.24, 2.45) is 0 Å². The van der Waals surface area contributed by atoms with Gasteiger partial charge in [0.15, 0.2) is 5.82 Å². The van der Waals surface area contributed by atoms with E-state index in [9.17, 15) is 9.90 Å². The minimum absolute atomic E-state index is 0.206. The maximum Gasteiger partial charge on any atom is 0.337 e. The van der Waals surface area contributed by atoms with Gasteiger partial charge in [-0.05, 0) is 30.5 Å². The molecule has 0 saturated carbocycles. The first-order valence-corrected chi connectivity index (χ1v) is 9.82. The number of aromatic carboxylic acids is 1. The third kappa shape index (κ3) is 4.63. The molecule has 2 heterocycles. The molecule has 3 aromatic rings. The van der Waals surface area contributed by atoms with E-state index >= 15 is 0 Å². The molecule has 1 N–H and O–H groups in total. The van der Waals surface area contributed by atoms with Crippen LogP contribution in [-0.4, -0.2) is 30.8 Å². The Morgan fingerprint density at radius 3 is 2.54 bits per heavy atom. The minimum atomic E-state index is -0.973. The molecular weight excluding hydrogens is 352 g/mol.